The lowest BCUT2D eigenvalue weighted by atomic mass is 10.1. The molecule has 0 radical (unpaired) electrons. The van der Waals surface area contributed by atoms with Gasteiger partial charge in [-0.2, -0.15) is 0 Å². The Hall–Kier alpha value is -1.17. The van der Waals surface area contributed by atoms with Crippen LogP contribution in [0.2, 0.25) is 15.1 Å². The molecule has 0 bridgehead atoms. The minimum Gasteiger partial charge on any atom is -0.352 e. The van der Waals surface area contributed by atoms with Gasteiger partial charge in [0, 0.05) is 28.2 Å². The molecular weight excluding hydrogens is 502 g/mol. The number of anilines is 1. The van der Waals surface area contributed by atoms with E-state index in [-0.39, 0.29) is 11.8 Å². The van der Waals surface area contributed by atoms with E-state index < -0.39 is 16.2 Å². The van der Waals surface area contributed by atoms with Crippen molar-refractivity contribution >= 4 is 75.5 Å². The molecule has 2 unspecified atom stereocenters. The highest BCUT2D eigenvalue weighted by atomic mass is 35.5. The van der Waals surface area contributed by atoms with Crippen LogP contribution in [-0.2, 0) is 4.79 Å². The summed E-state index contributed by atoms with van der Waals surface area (Å²) in [5.74, 6) is -1.08. The predicted molar refractivity (Wildman–Crippen MR) is 127 cm³/mol. The Morgan fingerprint density at radius 1 is 1.00 bits per heavy atom. The third kappa shape index (κ3) is 5.26. The lowest BCUT2D eigenvalue weighted by Gasteiger charge is -2.10. The molecule has 2 aliphatic carbocycles. The molecule has 0 aromatic heterocycles. The highest BCUT2D eigenvalue weighted by Crippen LogP contribution is 2.65. The van der Waals surface area contributed by atoms with E-state index in [9.17, 15) is 9.59 Å². The minimum atomic E-state index is -1.28. The van der Waals surface area contributed by atoms with Crippen molar-refractivity contribution < 1.29 is 9.59 Å². The molecule has 0 aliphatic heterocycles. The van der Waals surface area contributed by atoms with E-state index in [1.54, 1.807) is 36.4 Å². The molecular formula is C22H19Cl5N2O2. The molecule has 31 heavy (non-hydrogen) atoms. The Balaban J connectivity index is 1.45. The molecule has 4 rings (SSSR count). The van der Waals surface area contributed by atoms with Crippen molar-refractivity contribution in [3.8, 4) is 0 Å². The van der Waals surface area contributed by atoms with E-state index in [4.69, 9.17) is 58.0 Å². The number of hydrogen-bond donors (Lipinski definition) is 2. The molecule has 164 valence electrons. The van der Waals surface area contributed by atoms with Crippen LogP contribution in [-0.4, -0.2) is 22.7 Å². The van der Waals surface area contributed by atoms with Gasteiger partial charge >= 0.3 is 0 Å². The van der Waals surface area contributed by atoms with Crippen LogP contribution in [0.15, 0.2) is 36.4 Å². The summed E-state index contributed by atoms with van der Waals surface area (Å²) in [5, 5.41) is 6.84. The average molecular weight is 521 g/mol. The molecule has 2 aliphatic rings. The maximum atomic E-state index is 12.9. The summed E-state index contributed by atoms with van der Waals surface area (Å²) in [6, 6.07) is 9.72. The molecule has 2 N–H and O–H groups in total. The molecule has 2 atom stereocenters. The first-order valence-corrected chi connectivity index (χ1v) is 11.8. The van der Waals surface area contributed by atoms with Gasteiger partial charge in [0.2, 0.25) is 5.91 Å². The van der Waals surface area contributed by atoms with Crippen LogP contribution in [0.5, 0.6) is 0 Å². The van der Waals surface area contributed by atoms with Gasteiger partial charge in [-0.3, -0.25) is 9.59 Å². The van der Waals surface area contributed by atoms with Crippen LogP contribution in [0.4, 0.5) is 5.69 Å². The van der Waals surface area contributed by atoms with E-state index in [1.807, 2.05) is 0 Å². The predicted octanol–water partition coefficient (Wildman–Crippen LogP) is 6.70. The summed E-state index contributed by atoms with van der Waals surface area (Å²) in [5.41, 5.74) is 1.42. The van der Waals surface area contributed by atoms with Crippen molar-refractivity contribution in [1.82, 2.24) is 5.32 Å². The minimum absolute atomic E-state index is 0.274. The fourth-order valence-electron chi connectivity index (χ4n) is 3.71. The van der Waals surface area contributed by atoms with Crippen molar-refractivity contribution in [3.63, 3.8) is 0 Å². The van der Waals surface area contributed by atoms with Gasteiger partial charge in [-0.25, -0.2) is 0 Å². The normalized spacial score (nSPS) is 21.5. The molecule has 0 saturated heterocycles. The Bertz CT molecular complexity index is 1020. The van der Waals surface area contributed by atoms with Gasteiger partial charge in [-0.05, 0) is 54.3 Å². The van der Waals surface area contributed by atoms with E-state index in [0.717, 1.165) is 6.42 Å². The molecule has 0 spiro atoms. The van der Waals surface area contributed by atoms with E-state index in [1.165, 1.54) is 12.8 Å². The second-order valence-corrected chi connectivity index (χ2v) is 10.7. The highest BCUT2D eigenvalue weighted by Gasteiger charge is 2.67. The summed E-state index contributed by atoms with van der Waals surface area (Å²) >= 11 is 31.1. The molecule has 2 amide bonds. The van der Waals surface area contributed by atoms with Crippen molar-refractivity contribution in [2.45, 2.75) is 29.5 Å². The summed E-state index contributed by atoms with van der Waals surface area (Å²) < 4.78 is -1.28. The van der Waals surface area contributed by atoms with Crippen molar-refractivity contribution in [3.05, 3.63) is 62.6 Å². The number of halogens is 5. The molecule has 2 aromatic carbocycles. The zero-order chi connectivity index (χ0) is 22.3. The van der Waals surface area contributed by atoms with Crippen LogP contribution in [0.1, 0.15) is 41.1 Å². The van der Waals surface area contributed by atoms with Crippen LogP contribution < -0.4 is 10.6 Å². The standard InChI is InChI=1S/C22H19Cl5N2O2/c23-13-7-12(8-14(24)9-13)18-19(22(18,26)27)21(31)29-15-3-4-17(25)16(10-15)20(30)28-6-5-11-1-2-11/h3-4,7-11,18-19H,1-2,5-6H2,(H,28,30)(H,29,31). The number of benzene rings is 2. The second kappa shape index (κ2) is 8.99. The zero-order valence-corrected chi connectivity index (χ0v) is 20.0. The molecule has 4 nitrogen and oxygen atoms in total. The highest BCUT2D eigenvalue weighted by molar-refractivity contribution is 6.53. The monoisotopic (exact) mass is 518 g/mol. The summed E-state index contributed by atoms with van der Waals surface area (Å²) in [6.45, 7) is 0.601. The van der Waals surface area contributed by atoms with Gasteiger partial charge in [0.15, 0.2) is 0 Å². The van der Waals surface area contributed by atoms with E-state index in [0.29, 0.717) is 44.3 Å². The maximum Gasteiger partial charge on any atom is 0.252 e. The lowest BCUT2D eigenvalue weighted by molar-refractivity contribution is -0.117. The van der Waals surface area contributed by atoms with Crippen molar-refractivity contribution in [2.24, 2.45) is 11.8 Å². The van der Waals surface area contributed by atoms with Gasteiger partial charge in [-0.1, -0.05) is 47.6 Å². The van der Waals surface area contributed by atoms with Gasteiger partial charge < -0.3 is 10.6 Å². The average Bonchev–Trinajstić information content (AvgIpc) is 3.58. The van der Waals surface area contributed by atoms with Crippen molar-refractivity contribution in [2.75, 3.05) is 11.9 Å². The first-order chi connectivity index (χ1) is 14.7. The Morgan fingerprint density at radius 3 is 2.32 bits per heavy atom. The fourth-order valence-corrected chi connectivity index (χ4v) is 5.29. The first-order valence-electron chi connectivity index (χ1n) is 9.89. The zero-order valence-electron chi connectivity index (χ0n) is 16.2. The lowest BCUT2D eigenvalue weighted by Crippen LogP contribution is -2.25. The third-order valence-corrected chi connectivity index (χ3v) is 7.30. The Kier molecular flexibility index (Phi) is 6.67. The summed E-state index contributed by atoms with van der Waals surface area (Å²) in [7, 11) is 0. The number of hydrogen-bond acceptors (Lipinski definition) is 2. The van der Waals surface area contributed by atoms with E-state index >= 15 is 0 Å². The van der Waals surface area contributed by atoms with Gasteiger partial charge in [0.05, 0.1) is 16.5 Å². The quantitative estimate of drug-likeness (QED) is 0.399. The number of alkyl halides is 2. The van der Waals surface area contributed by atoms with Crippen LogP contribution >= 0.6 is 58.0 Å². The molecule has 2 fully saturated rings. The van der Waals surface area contributed by atoms with Crippen LogP contribution in [0, 0.1) is 11.8 Å². The molecule has 9 heteroatoms. The molecule has 2 saturated carbocycles. The number of amides is 2. The number of nitrogens with one attached hydrogen (secondary N) is 2. The number of rotatable bonds is 7. The summed E-state index contributed by atoms with van der Waals surface area (Å²) in [4.78, 5) is 25.4. The third-order valence-electron chi connectivity index (χ3n) is 5.59. The SMILES string of the molecule is O=C(NCCC1CC1)c1cc(NC(=O)C2C(c3cc(Cl)cc(Cl)c3)C2(Cl)Cl)ccc1Cl. The topological polar surface area (TPSA) is 58.2 Å². The smallest absolute Gasteiger partial charge is 0.252 e. The second-order valence-electron chi connectivity index (χ2n) is 8.00. The molecule has 2 aromatic rings. The largest absolute Gasteiger partial charge is 0.352 e. The van der Waals surface area contributed by atoms with Crippen LogP contribution in [0.25, 0.3) is 0 Å². The van der Waals surface area contributed by atoms with Crippen molar-refractivity contribution in [1.29, 1.82) is 0 Å². The van der Waals surface area contributed by atoms with Crippen LogP contribution in [0.3, 0.4) is 0 Å². The maximum absolute atomic E-state index is 12.9. The summed E-state index contributed by atoms with van der Waals surface area (Å²) in [6.07, 6.45) is 3.42. The Morgan fingerprint density at radius 2 is 1.68 bits per heavy atom. The Labute approximate surface area is 205 Å². The first kappa shape index (κ1) is 23.0. The molecule has 0 heterocycles. The van der Waals surface area contributed by atoms with Gasteiger partial charge in [0.1, 0.15) is 4.33 Å². The van der Waals surface area contributed by atoms with E-state index in [2.05, 4.69) is 10.6 Å². The number of carbonyl (C=O) groups excluding carboxylic acids is 2. The van der Waals surface area contributed by atoms with Gasteiger partial charge in [-0.15, -0.1) is 23.2 Å². The van der Waals surface area contributed by atoms with Gasteiger partial charge in [0.25, 0.3) is 5.91 Å². The number of carbonyl (C=O) groups is 2. The fraction of sp³-hybridized carbons (Fsp3) is 0.364.